The van der Waals surface area contributed by atoms with Crippen LogP contribution < -0.4 is 10.6 Å². The van der Waals surface area contributed by atoms with Gasteiger partial charge in [0.15, 0.2) is 0 Å². The third-order valence-corrected chi connectivity index (χ3v) is 5.35. The first-order chi connectivity index (χ1) is 13.2. The lowest BCUT2D eigenvalue weighted by atomic mass is 9.94. The number of nitrogens with one attached hydrogen (secondary N) is 2. The van der Waals surface area contributed by atoms with Gasteiger partial charge in [0.2, 0.25) is 11.8 Å². The van der Waals surface area contributed by atoms with Crippen LogP contribution in [0.1, 0.15) is 56.4 Å². The van der Waals surface area contributed by atoms with E-state index in [1.807, 2.05) is 6.92 Å². The van der Waals surface area contributed by atoms with Crippen molar-refractivity contribution in [3.8, 4) is 0 Å². The average Bonchev–Trinajstić information content (AvgIpc) is 3.06. The Labute approximate surface area is 167 Å². The second-order valence-electron chi connectivity index (χ2n) is 9.15. The van der Waals surface area contributed by atoms with Gasteiger partial charge in [-0.25, -0.2) is 9.97 Å². The maximum atomic E-state index is 12.5. The molecule has 154 valence electrons. The Morgan fingerprint density at radius 2 is 2.07 bits per heavy atom. The van der Waals surface area contributed by atoms with Gasteiger partial charge in [-0.1, -0.05) is 20.8 Å². The Morgan fingerprint density at radius 3 is 2.82 bits per heavy atom. The van der Waals surface area contributed by atoms with E-state index in [4.69, 9.17) is 0 Å². The minimum atomic E-state index is -0.397. The molecule has 0 spiro atoms. The number of fused-ring (bicyclic) bond motifs is 1. The summed E-state index contributed by atoms with van der Waals surface area (Å²) in [5.74, 6) is 0.644. The Balaban J connectivity index is 1.52. The summed E-state index contributed by atoms with van der Waals surface area (Å²) in [4.78, 5) is 36.1. The molecule has 28 heavy (non-hydrogen) atoms. The summed E-state index contributed by atoms with van der Waals surface area (Å²) < 4.78 is 0. The molecule has 0 bridgehead atoms. The van der Waals surface area contributed by atoms with Crippen LogP contribution in [0.3, 0.4) is 0 Å². The van der Waals surface area contributed by atoms with Gasteiger partial charge in [-0.2, -0.15) is 0 Å². The van der Waals surface area contributed by atoms with E-state index in [2.05, 4.69) is 46.3 Å². The first kappa shape index (κ1) is 20.7. The minimum Gasteiger partial charge on any atom is -0.356 e. The molecule has 7 heteroatoms. The van der Waals surface area contributed by atoms with Gasteiger partial charge in [-0.05, 0) is 37.2 Å². The van der Waals surface area contributed by atoms with Crippen LogP contribution in [0.15, 0.2) is 0 Å². The van der Waals surface area contributed by atoms with Crippen LogP contribution in [0.25, 0.3) is 0 Å². The van der Waals surface area contributed by atoms with Crippen LogP contribution in [-0.4, -0.2) is 58.9 Å². The number of aryl methyl sites for hydroxylation is 2. The molecule has 1 aromatic heterocycles. The molecule has 0 saturated carbocycles. The van der Waals surface area contributed by atoms with Crippen LogP contribution in [-0.2, 0) is 28.9 Å². The molecule has 2 N–H and O–H groups in total. The van der Waals surface area contributed by atoms with Crippen molar-refractivity contribution in [1.29, 1.82) is 0 Å². The molecule has 1 aromatic rings. The fourth-order valence-electron chi connectivity index (χ4n) is 4.14. The first-order valence-corrected chi connectivity index (χ1v) is 10.4. The van der Waals surface area contributed by atoms with Crippen molar-refractivity contribution in [3.05, 3.63) is 22.8 Å². The zero-order valence-electron chi connectivity index (χ0n) is 17.6. The molecule has 3 rings (SSSR count). The van der Waals surface area contributed by atoms with Crippen molar-refractivity contribution >= 4 is 11.8 Å². The maximum absolute atomic E-state index is 12.5. The molecular formula is C21H33N5O2. The number of piperazine rings is 1. The Morgan fingerprint density at radius 1 is 1.29 bits per heavy atom. The monoisotopic (exact) mass is 387 g/mol. The van der Waals surface area contributed by atoms with Gasteiger partial charge in [0.05, 0.1) is 12.5 Å². The van der Waals surface area contributed by atoms with E-state index in [0.29, 0.717) is 19.5 Å². The van der Waals surface area contributed by atoms with Gasteiger partial charge >= 0.3 is 0 Å². The molecule has 1 aliphatic heterocycles. The largest absolute Gasteiger partial charge is 0.356 e. The molecule has 1 atom stereocenters. The van der Waals surface area contributed by atoms with Crippen LogP contribution >= 0.6 is 0 Å². The number of carbonyl (C=O) groups is 2. The lowest BCUT2D eigenvalue weighted by molar-refractivity contribution is -0.134. The SMILES string of the molecule is Cc1nc(CCNC(=O)C[C@@H]2C(=O)NCCN2CC(C)(C)C)nc2c1CCC2. The topological polar surface area (TPSA) is 87.2 Å². The zero-order valence-corrected chi connectivity index (χ0v) is 17.6. The summed E-state index contributed by atoms with van der Waals surface area (Å²) in [6, 6.07) is -0.397. The molecule has 7 nitrogen and oxygen atoms in total. The van der Waals surface area contributed by atoms with Crippen LogP contribution in [0.5, 0.6) is 0 Å². The second kappa shape index (κ2) is 8.55. The fraction of sp³-hybridized carbons (Fsp3) is 0.714. The number of hydrogen-bond donors (Lipinski definition) is 2. The molecule has 0 aromatic carbocycles. The van der Waals surface area contributed by atoms with Crippen LogP contribution in [0, 0.1) is 12.3 Å². The minimum absolute atomic E-state index is 0.0526. The molecule has 2 amide bonds. The third kappa shape index (κ3) is 5.28. The van der Waals surface area contributed by atoms with Crippen molar-refractivity contribution in [1.82, 2.24) is 25.5 Å². The Kier molecular flexibility index (Phi) is 6.33. The number of nitrogens with zero attached hydrogens (tertiary/aromatic N) is 3. The smallest absolute Gasteiger partial charge is 0.237 e. The fourth-order valence-corrected chi connectivity index (χ4v) is 4.14. The van der Waals surface area contributed by atoms with Crippen LogP contribution in [0.2, 0.25) is 0 Å². The predicted octanol–water partition coefficient (Wildman–Crippen LogP) is 1.17. The van der Waals surface area contributed by atoms with Crippen molar-refractivity contribution in [2.24, 2.45) is 5.41 Å². The van der Waals surface area contributed by atoms with Crippen LogP contribution in [0.4, 0.5) is 0 Å². The average molecular weight is 388 g/mol. The molecule has 0 unspecified atom stereocenters. The summed E-state index contributed by atoms with van der Waals surface area (Å²) in [6.07, 6.45) is 4.05. The quantitative estimate of drug-likeness (QED) is 0.765. The summed E-state index contributed by atoms with van der Waals surface area (Å²) in [7, 11) is 0. The van der Waals surface area contributed by atoms with E-state index in [1.165, 1.54) is 11.3 Å². The molecule has 1 fully saturated rings. The summed E-state index contributed by atoms with van der Waals surface area (Å²) in [6.45, 7) is 11.2. The van der Waals surface area contributed by atoms with Crippen molar-refractivity contribution in [3.63, 3.8) is 0 Å². The molecule has 1 aliphatic carbocycles. The number of carbonyl (C=O) groups excluding carboxylic acids is 2. The van der Waals surface area contributed by atoms with Gasteiger partial charge in [-0.3, -0.25) is 14.5 Å². The second-order valence-corrected chi connectivity index (χ2v) is 9.15. The zero-order chi connectivity index (χ0) is 20.3. The summed E-state index contributed by atoms with van der Waals surface area (Å²) in [5.41, 5.74) is 3.62. The summed E-state index contributed by atoms with van der Waals surface area (Å²) >= 11 is 0. The van der Waals surface area contributed by atoms with E-state index < -0.39 is 6.04 Å². The van der Waals surface area contributed by atoms with E-state index in [9.17, 15) is 9.59 Å². The van der Waals surface area contributed by atoms with E-state index in [-0.39, 0.29) is 23.7 Å². The molecule has 2 aliphatic rings. The van der Waals surface area contributed by atoms with Gasteiger partial charge in [0.25, 0.3) is 0 Å². The molecule has 1 saturated heterocycles. The molecule has 2 heterocycles. The number of amides is 2. The standard InChI is InChI=1S/C21H33N5O2/c1-14-15-6-5-7-16(15)25-18(24-14)8-9-22-19(27)12-17-20(28)23-10-11-26(17)13-21(2,3)4/h17H,5-13H2,1-4H3,(H,22,27)(H,23,28)/t17-/m1/s1. The number of aromatic nitrogens is 2. The lowest BCUT2D eigenvalue weighted by Crippen LogP contribution is -2.58. The Bertz CT molecular complexity index is 741. The third-order valence-electron chi connectivity index (χ3n) is 5.35. The van der Waals surface area contributed by atoms with E-state index >= 15 is 0 Å². The highest BCUT2D eigenvalue weighted by molar-refractivity contribution is 5.88. The van der Waals surface area contributed by atoms with Gasteiger partial charge in [-0.15, -0.1) is 0 Å². The van der Waals surface area contributed by atoms with Gasteiger partial charge in [0, 0.05) is 44.0 Å². The van der Waals surface area contributed by atoms with E-state index in [1.54, 1.807) is 0 Å². The predicted molar refractivity (Wildman–Crippen MR) is 108 cm³/mol. The Hall–Kier alpha value is -2.02. The molecular weight excluding hydrogens is 354 g/mol. The first-order valence-electron chi connectivity index (χ1n) is 10.4. The van der Waals surface area contributed by atoms with E-state index in [0.717, 1.165) is 43.9 Å². The van der Waals surface area contributed by atoms with Crippen molar-refractivity contribution in [2.45, 2.75) is 65.8 Å². The normalized spacial score (nSPS) is 20.0. The van der Waals surface area contributed by atoms with Gasteiger partial charge in [0.1, 0.15) is 5.82 Å². The maximum Gasteiger partial charge on any atom is 0.237 e. The number of hydrogen-bond acceptors (Lipinski definition) is 5. The molecule has 0 radical (unpaired) electrons. The highest BCUT2D eigenvalue weighted by atomic mass is 16.2. The summed E-state index contributed by atoms with van der Waals surface area (Å²) in [5, 5.41) is 5.83. The van der Waals surface area contributed by atoms with Gasteiger partial charge < -0.3 is 10.6 Å². The number of rotatable bonds is 6. The lowest BCUT2D eigenvalue weighted by Gasteiger charge is -2.38. The highest BCUT2D eigenvalue weighted by Gasteiger charge is 2.33. The van der Waals surface area contributed by atoms with Crippen molar-refractivity contribution < 1.29 is 9.59 Å². The van der Waals surface area contributed by atoms with Crippen molar-refractivity contribution in [2.75, 3.05) is 26.2 Å². The highest BCUT2D eigenvalue weighted by Crippen LogP contribution is 2.22.